The lowest BCUT2D eigenvalue weighted by Gasteiger charge is -1.60. The number of allylic oxidation sites excluding steroid dienone is 4. The molecule has 0 saturated heterocycles. The van der Waals surface area contributed by atoms with Gasteiger partial charge in [0.25, 0.3) is 0 Å². The van der Waals surface area contributed by atoms with Crippen molar-refractivity contribution in [2.75, 3.05) is 0 Å². The van der Waals surface area contributed by atoms with Crippen molar-refractivity contribution < 1.29 is 1.37 Å². The quantitative estimate of drug-likeness (QED) is 0.445. The summed E-state index contributed by atoms with van der Waals surface area (Å²) < 4.78 is 6.89. The molecule has 0 aliphatic carbocycles. The Labute approximate surface area is 39.9 Å². The van der Waals surface area contributed by atoms with Gasteiger partial charge in [0.05, 0.1) is 1.37 Å². The molecule has 0 heteroatoms. The third kappa shape index (κ3) is 3.22. The van der Waals surface area contributed by atoms with Crippen LogP contribution in [0.15, 0.2) is 37.4 Å². The predicted octanol–water partition coefficient (Wildman–Crippen LogP) is 1.91. The molecule has 0 aromatic heterocycles. The van der Waals surface area contributed by atoms with Gasteiger partial charge in [0.2, 0.25) is 0 Å². The molecule has 0 radical (unpaired) electrons. The van der Waals surface area contributed by atoms with Crippen molar-refractivity contribution in [2.24, 2.45) is 0 Å². The normalized spacial score (nSPS) is 12.7. The Bertz CT molecular complexity index is 101. The highest BCUT2D eigenvalue weighted by Crippen LogP contribution is 1.69. The van der Waals surface area contributed by atoms with E-state index in [0.717, 1.165) is 0 Å². The van der Waals surface area contributed by atoms with Crippen LogP contribution in [-0.4, -0.2) is 0 Å². The second kappa shape index (κ2) is 4.22. The SMILES string of the molecule is [2H]C(C=C)=CC=C. The lowest BCUT2D eigenvalue weighted by atomic mass is 10.5. The molecule has 0 unspecified atom stereocenters. The molecule has 0 fully saturated rings. The maximum absolute atomic E-state index is 6.89. The average Bonchev–Trinajstić information content (AvgIpc) is 1.68. The number of hydrogen-bond donors (Lipinski definition) is 0. The van der Waals surface area contributed by atoms with Crippen LogP contribution in [0.2, 0.25) is 0 Å². The standard InChI is InChI=1S/C6H8/c1-3-5-6-4-2/h3-6H,1-2H2/i5D. The Morgan fingerprint density at radius 2 is 2.00 bits per heavy atom. The lowest BCUT2D eigenvalue weighted by molar-refractivity contribution is 1.98. The average molecular weight is 81.1 g/mol. The summed E-state index contributed by atoms with van der Waals surface area (Å²) in [5.41, 5.74) is 0. The fourth-order valence-corrected chi connectivity index (χ4v) is 0.136. The van der Waals surface area contributed by atoms with E-state index in [2.05, 4.69) is 13.2 Å². The Morgan fingerprint density at radius 1 is 1.33 bits per heavy atom. The second-order valence-electron chi connectivity index (χ2n) is 0.773. The largest absolute Gasteiger partial charge is 0.0991 e. The van der Waals surface area contributed by atoms with Crippen molar-refractivity contribution in [3.63, 3.8) is 0 Å². The smallest absolute Gasteiger partial charge is 0.0622 e. The Kier molecular flexibility index (Phi) is 2.40. The Balaban J connectivity index is 3.72. The molecule has 0 N–H and O–H groups in total. The minimum Gasteiger partial charge on any atom is -0.0991 e. The van der Waals surface area contributed by atoms with Gasteiger partial charge in [-0.2, -0.15) is 0 Å². The zero-order valence-corrected chi connectivity index (χ0v) is 3.65. The number of hydrogen-bond acceptors (Lipinski definition) is 0. The van der Waals surface area contributed by atoms with Gasteiger partial charge in [0.1, 0.15) is 0 Å². The van der Waals surface area contributed by atoms with Gasteiger partial charge in [-0.1, -0.05) is 37.4 Å². The van der Waals surface area contributed by atoms with E-state index in [9.17, 15) is 0 Å². The van der Waals surface area contributed by atoms with Gasteiger partial charge in [-0.15, -0.1) is 0 Å². The summed E-state index contributed by atoms with van der Waals surface area (Å²) in [6, 6.07) is 0.398. The maximum Gasteiger partial charge on any atom is 0.0622 e. The minimum atomic E-state index is 0.398. The van der Waals surface area contributed by atoms with Crippen LogP contribution in [0.5, 0.6) is 0 Å². The van der Waals surface area contributed by atoms with Crippen molar-refractivity contribution in [1.82, 2.24) is 0 Å². The zero-order valence-electron chi connectivity index (χ0n) is 4.65. The highest BCUT2D eigenvalue weighted by Gasteiger charge is 1.47. The molecule has 0 heterocycles. The molecule has 0 spiro atoms. The highest BCUT2D eigenvalue weighted by molar-refractivity contribution is 5.05. The molecule has 0 aliphatic rings. The molecule has 0 saturated carbocycles. The third-order valence-corrected chi connectivity index (χ3v) is 0.332. The summed E-state index contributed by atoms with van der Waals surface area (Å²) >= 11 is 0. The first-order chi connectivity index (χ1) is 3.31. The molecule has 0 amide bonds. The van der Waals surface area contributed by atoms with E-state index in [-0.39, 0.29) is 0 Å². The monoisotopic (exact) mass is 81.1 g/mol. The van der Waals surface area contributed by atoms with Crippen LogP contribution in [0.3, 0.4) is 0 Å². The van der Waals surface area contributed by atoms with Crippen molar-refractivity contribution >= 4 is 0 Å². The van der Waals surface area contributed by atoms with E-state index < -0.39 is 0 Å². The zero-order chi connectivity index (χ0) is 5.70. The van der Waals surface area contributed by atoms with Crippen molar-refractivity contribution in [2.45, 2.75) is 0 Å². The fourth-order valence-electron chi connectivity index (χ4n) is 0.136. The molecule has 32 valence electrons. The van der Waals surface area contributed by atoms with Crippen LogP contribution in [0.25, 0.3) is 0 Å². The van der Waals surface area contributed by atoms with Crippen LogP contribution in [0, 0.1) is 0 Å². The Morgan fingerprint density at radius 3 is 2.17 bits per heavy atom. The van der Waals surface area contributed by atoms with E-state index in [1.807, 2.05) is 0 Å². The molecule has 0 rings (SSSR count). The molecule has 0 aromatic carbocycles. The van der Waals surface area contributed by atoms with E-state index in [4.69, 9.17) is 1.37 Å². The van der Waals surface area contributed by atoms with E-state index in [1.165, 1.54) is 6.08 Å². The van der Waals surface area contributed by atoms with Crippen LogP contribution in [-0.2, 0) is 0 Å². The van der Waals surface area contributed by atoms with Crippen molar-refractivity contribution in [3.05, 3.63) is 37.4 Å². The van der Waals surface area contributed by atoms with Crippen molar-refractivity contribution in [3.8, 4) is 0 Å². The molecular formula is C6H8. The van der Waals surface area contributed by atoms with Crippen molar-refractivity contribution in [1.29, 1.82) is 0 Å². The number of rotatable bonds is 2. The topological polar surface area (TPSA) is 0 Å². The maximum atomic E-state index is 6.89. The first-order valence-corrected chi connectivity index (χ1v) is 1.73. The third-order valence-electron chi connectivity index (χ3n) is 0.332. The van der Waals surface area contributed by atoms with Gasteiger partial charge in [-0.3, -0.25) is 0 Å². The van der Waals surface area contributed by atoms with Gasteiger partial charge in [0, 0.05) is 0 Å². The first-order valence-electron chi connectivity index (χ1n) is 2.23. The van der Waals surface area contributed by atoms with Gasteiger partial charge in [-0.05, 0) is 0 Å². The van der Waals surface area contributed by atoms with Gasteiger partial charge in [-0.25, -0.2) is 0 Å². The summed E-state index contributed by atoms with van der Waals surface area (Å²) in [7, 11) is 0. The predicted molar refractivity (Wildman–Crippen MR) is 29.5 cm³/mol. The summed E-state index contributed by atoms with van der Waals surface area (Å²) in [5, 5.41) is 0. The molecular weight excluding hydrogens is 72.1 g/mol. The molecule has 0 aromatic rings. The molecule has 0 bridgehead atoms. The summed E-state index contributed by atoms with van der Waals surface area (Å²) in [5.74, 6) is 0. The van der Waals surface area contributed by atoms with Crippen LogP contribution < -0.4 is 0 Å². The van der Waals surface area contributed by atoms with Gasteiger partial charge >= 0.3 is 0 Å². The summed E-state index contributed by atoms with van der Waals surface area (Å²) in [6.45, 7) is 6.78. The summed E-state index contributed by atoms with van der Waals surface area (Å²) in [4.78, 5) is 0. The second-order valence-corrected chi connectivity index (χ2v) is 0.773. The van der Waals surface area contributed by atoms with Crippen LogP contribution in [0.1, 0.15) is 1.37 Å². The lowest BCUT2D eigenvalue weighted by Crippen LogP contribution is -1.38. The molecule has 6 heavy (non-hydrogen) atoms. The first kappa shape index (κ1) is 3.41. The van der Waals surface area contributed by atoms with Gasteiger partial charge in [0.15, 0.2) is 0 Å². The van der Waals surface area contributed by atoms with Crippen LogP contribution in [0.4, 0.5) is 0 Å². The van der Waals surface area contributed by atoms with Crippen LogP contribution >= 0.6 is 0 Å². The van der Waals surface area contributed by atoms with E-state index >= 15 is 0 Å². The van der Waals surface area contributed by atoms with E-state index in [0.29, 0.717) is 6.05 Å². The van der Waals surface area contributed by atoms with E-state index in [1.54, 1.807) is 12.2 Å². The molecule has 0 atom stereocenters. The minimum absolute atomic E-state index is 0.398. The molecule has 0 nitrogen and oxygen atoms in total. The fraction of sp³-hybridized carbons (Fsp3) is 0. The molecule has 0 aliphatic heterocycles. The highest BCUT2D eigenvalue weighted by atomic mass is 13.5. The van der Waals surface area contributed by atoms with Gasteiger partial charge < -0.3 is 0 Å². The Hall–Kier alpha value is -0.780. The summed E-state index contributed by atoms with van der Waals surface area (Å²) in [6.07, 6.45) is 4.60.